The molecule has 1 N–H and O–H groups in total. The third-order valence-electron chi connectivity index (χ3n) is 4.20. The Hall–Kier alpha value is -2.64. The van der Waals surface area contributed by atoms with Gasteiger partial charge < -0.3 is 15.0 Å². The van der Waals surface area contributed by atoms with Gasteiger partial charge in [0.15, 0.2) is 0 Å². The van der Waals surface area contributed by atoms with Gasteiger partial charge in [-0.05, 0) is 18.8 Å². The van der Waals surface area contributed by atoms with Crippen LogP contribution in [0, 0.1) is 5.92 Å². The van der Waals surface area contributed by atoms with Crippen molar-refractivity contribution in [2.45, 2.75) is 19.8 Å². The SMILES string of the molecule is COc1nn(C)cc1C(=O)Nc1cnc(N2CCC(C)CC2)nc1. The molecule has 8 nitrogen and oxygen atoms in total. The molecule has 1 aliphatic rings. The lowest BCUT2D eigenvalue weighted by Crippen LogP contribution is -2.34. The zero-order chi connectivity index (χ0) is 17.1. The average Bonchev–Trinajstić information content (AvgIpc) is 2.97. The summed E-state index contributed by atoms with van der Waals surface area (Å²) >= 11 is 0. The number of hydrogen-bond donors (Lipinski definition) is 1. The Morgan fingerprint density at radius 3 is 2.58 bits per heavy atom. The first-order chi connectivity index (χ1) is 11.6. The van der Waals surface area contributed by atoms with E-state index in [0.29, 0.717) is 17.2 Å². The Morgan fingerprint density at radius 1 is 1.29 bits per heavy atom. The van der Waals surface area contributed by atoms with Crippen LogP contribution in [0.5, 0.6) is 5.88 Å². The first-order valence-electron chi connectivity index (χ1n) is 8.03. The lowest BCUT2D eigenvalue weighted by molar-refractivity contribution is 0.102. The van der Waals surface area contributed by atoms with Gasteiger partial charge in [0.05, 0.1) is 25.2 Å². The number of piperidine rings is 1. The van der Waals surface area contributed by atoms with Gasteiger partial charge in [0.2, 0.25) is 11.8 Å². The first-order valence-corrected chi connectivity index (χ1v) is 8.03. The van der Waals surface area contributed by atoms with Crippen molar-refractivity contribution in [3.63, 3.8) is 0 Å². The molecule has 1 saturated heterocycles. The van der Waals surface area contributed by atoms with Crippen LogP contribution >= 0.6 is 0 Å². The molecule has 0 aromatic carbocycles. The molecular formula is C16H22N6O2. The second kappa shape index (κ2) is 6.86. The molecule has 3 rings (SSSR count). The van der Waals surface area contributed by atoms with Gasteiger partial charge >= 0.3 is 0 Å². The predicted octanol–water partition coefficient (Wildman–Crippen LogP) is 1.71. The summed E-state index contributed by atoms with van der Waals surface area (Å²) in [5.74, 6) is 1.45. The summed E-state index contributed by atoms with van der Waals surface area (Å²) in [7, 11) is 3.22. The molecule has 0 atom stereocenters. The fraction of sp³-hybridized carbons (Fsp3) is 0.500. The summed E-state index contributed by atoms with van der Waals surface area (Å²) in [6, 6.07) is 0. The molecule has 3 heterocycles. The van der Waals surface area contributed by atoms with E-state index in [9.17, 15) is 4.79 Å². The van der Waals surface area contributed by atoms with E-state index in [2.05, 4.69) is 32.2 Å². The van der Waals surface area contributed by atoms with Crippen LogP contribution in [0.4, 0.5) is 11.6 Å². The molecule has 0 saturated carbocycles. The minimum Gasteiger partial charge on any atom is -0.479 e. The van der Waals surface area contributed by atoms with Crippen molar-refractivity contribution in [3.05, 3.63) is 24.2 Å². The monoisotopic (exact) mass is 330 g/mol. The van der Waals surface area contributed by atoms with E-state index in [0.717, 1.165) is 31.8 Å². The van der Waals surface area contributed by atoms with E-state index < -0.39 is 0 Å². The maximum atomic E-state index is 12.3. The Bertz CT molecular complexity index is 704. The summed E-state index contributed by atoms with van der Waals surface area (Å²) in [6.45, 7) is 4.21. The number of ether oxygens (including phenoxy) is 1. The molecule has 1 fully saturated rings. The molecule has 2 aromatic heterocycles. The highest BCUT2D eigenvalue weighted by Gasteiger charge is 2.19. The van der Waals surface area contributed by atoms with Crippen LogP contribution in [-0.2, 0) is 7.05 Å². The third kappa shape index (κ3) is 3.47. The maximum Gasteiger partial charge on any atom is 0.262 e. The summed E-state index contributed by atoms with van der Waals surface area (Å²) < 4.78 is 6.63. The molecular weight excluding hydrogens is 308 g/mol. The van der Waals surface area contributed by atoms with Crippen molar-refractivity contribution in [1.29, 1.82) is 0 Å². The topological polar surface area (TPSA) is 85.2 Å². The molecule has 0 spiro atoms. The summed E-state index contributed by atoms with van der Waals surface area (Å²) in [5, 5.41) is 6.84. The predicted molar refractivity (Wildman–Crippen MR) is 90.4 cm³/mol. The van der Waals surface area contributed by atoms with Gasteiger partial charge in [-0.3, -0.25) is 9.48 Å². The van der Waals surface area contributed by atoms with Gasteiger partial charge in [-0.25, -0.2) is 9.97 Å². The van der Waals surface area contributed by atoms with E-state index in [4.69, 9.17) is 4.74 Å². The number of carbonyl (C=O) groups excluding carboxylic acids is 1. The number of rotatable bonds is 4. The van der Waals surface area contributed by atoms with Gasteiger partial charge in [-0.2, -0.15) is 0 Å². The standard InChI is InChI=1S/C16H22N6O2/c1-11-4-6-22(7-5-11)16-17-8-12(9-18-16)19-14(23)13-10-21(2)20-15(13)24-3/h8-11H,4-7H2,1-3H3,(H,19,23). The number of methoxy groups -OCH3 is 1. The van der Waals surface area contributed by atoms with Gasteiger partial charge in [0.1, 0.15) is 5.56 Å². The van der Waals surface area contributed by atoms with Crippen LogP contribution < -0.4 is 15.0 Å². The van der Waals surface area contributed by atoms with Gasteiger partial charge in [-0.15, -0.1) is 5.10 Å². The minimum atomic E-state index is -0.303. The number of hydrogen-bond acceptors (Lipinski definition) is 6. The van der Waals surface area contributed by atoms with Gasteiger partial charge in [-0.1, -0.05) is 6.92 Å². The Balaban J connectivity index is 1.66. The van der Waals surface area contributed by atoms with Gasteiger partial charge in [0, 0.05) is 26.3 Å². The van der Waals surface area contributed by atoms with E-state index in [1.165, 1.54) is 11.8 Å². The molecule has 0 bridgehead atoms. The highest BCUT2D eigenvalue weighted by atomic mass is 16.5. The van der Waals surface area contributed by atoms with Crippen molar-refractivity contribution in [2.75, 3.05) is 30.4 Å². The average molecular weight is 330 g/mol. The van der Waals surface area contributed by atoms with Crippen molar-refractivity contribution in [2.24, 2.45) is 13.0 Å². The summed E-state index contributed by atoms with van der Waals surface area (Å²) in [6.07, 6.45) is 7.17. The molecule has 0 aliphatic carbocycles. The maximum absolute atomic E-state index is 12.3. The fourth-order valence-electron chi connectivity index (χ4n) is 2.73. The molecule has 0 radical (unpaired) electrons. The Kier molecular flexibility index (Phi) is 4.64. The Labute approximate surface area is 140 Å². The fourth-order valence-corrected chi connectivity index (χ4v) is 2.73. The van der Waals surface area contributed by atoms with Gasteiger partial charge in [0.25, 0.3) is 5.91 Å². The van der Waals surface area contributed by atoms with Crippen LogP contribution in [0.3, 0.4) is 0 Å². The van der Waals surface area contributed by atoms with Crippen molar-refractivity contribution in [1.82, 2.24) is 19.7 Å². The molecule has 8 heteroatoms. The molecule has 1 aliphatic heterocycles. The Morgan fingerprint density at radius 2 is 1.96 bits per heavy atom. The molecule has 128 valence electrons. The molecule has 1 amide bonds. The number of aryl methyl sites for hydroxylation is 1. The number of nitrogens with one attached hydrogen (secondary N) is 1. The largest absolute Gasteiger partial charge is 0.479 e. The quantitative estimate of drug-likeness (QED) is 0.918. The smallest absolute Gasteiger partial charge is 0.262 e. The number of amides is 1. The lowest BCUT2D eigenvalue weighted by Gasteiger charge is -2.30. The van der Waals surface area contributed by atoms with Crippen LogP contribution in [-0.4, -0.2) is 45.9 Å². The number of nitrogens with zero attached hydrogens (tertiary/aromatic N) is 5. The second-order valence-corrected chi connectivity index (χ2v) is 6.12. The van der Waals surface area contributed by atoms with E-state index in [1.807, 2.05) is 0 Å². The molecule has 2 aromatic rings. The lowest BCUT2D eigenvalue weighted by atomic mass is 10.00. The zero-order valence-electron chi connectivity index (χ0n) is 14.2. The first kappa shape index (κ1) is 16.2. The highest BCUT2D eigenvalue weighted by molar-refractivity contribution is 6.05. The summed E-state index contributed by atoms with van der Waals surface area (Å²) in [4.78, 5) is 23.2. The normalized spacial score (nSPS) is 15.4. The van der Waals surface area contributed by atoms with Crippen LogP contribution in [0.1, 0.15) is 30.1 Å². The van der Waals surface area contributed by atoms with E-state index >= 15 is 0 Å². The van der Waals surface area contributed by atoms with Crippen molar-refractivity contribution < 1.29 is 9.53 Å². The number of aromatic nitrogens is 4. The van der Waals surface area contributed by atoms with Crippen LogP contribution in [0.25, 0.3) is 0 Å². The van der Waals surface area contributed by atoms with E-state index in [1.54, 1.807) is 25.6 Å². The number of anilines is 2. The van der Waals surface area contributed by atoms with Crippen molar-refractivity contribution >= 4 is 17.5 Å². The van der Waals surface area contributed by atoms with E-state index in [-0.39, 0.29) is 11.8 Å². The second-order valence-electron chi connectivity index (χ2n) is 6.12. The van der Waals surface area contributed by atoms with Crippen LogP contribution in [0.15, 0.2) is 18.6 Å². The van der Waals surface area contributed by atoms with Crippen molar-refractivity contribution in [3.8, 4) is 5.88 Å². The highest BCUT2D eigenvalue weighted by Crippen LogP contribution is 2.21. The molecule has 0 unspecified atom stereocenters. The third-order valence-corrected chi connectivity index (χ3v) is 4.20. The molecule has 24 heavy (non-hydrogen) atoms. The van der Waals surface area contributed by atoms with Crippen LogP contribution in [0.2, 0.25) is 0 Å². The minimum absolute atomic E-state index is 0.287. The summed E-state index contributed by atoms with van der Waals surface area (Å²) in [5.41, 5.74) is 0.911. The number of carbonyl (C=O) groups is 1. The zero-order valence-corrected chi connectivity index (χ0v) is 14.2.